The van der Waals surface area contributed by atoms with Crippen LogP contribution in [0.25, 0.3) is 0 Å². The fourth-order valence-corrected chi connectivity index (χ4v) is 2.05. The van der Waals surface area contributed by atoms with Crippen molar-refractivity contribution in [2.45, 2.75) is 37.7 Å². The lowest BCUT2D eigenvalue weighted by atomic mass is 9.95. The zero-order chi connectivity index (χ0) is 13.6. The van der Waals surface area contributed by atoms with E-state index in [9.17, 15) is 13.6 Å². The first kappa shape index (κ1) is 12.8. The quantitative estimate of drug-likeness (QED) is 0.901. The monoisotopic (exact) mass is 256 g/mol. The SMILES string of the molecule is CC(C)Oc1ccc(C2(C(=O)O)CC2(F)F)cc1. The van der Waals surface area contributed by atoms with E-state index < -0.39 is 23.7 Å². The molecule has 98 valence electrons. The van der Waals surface area contributed by atoms with Crippen molar-refractivity contribution in [1.29, 1.82) is 0 Å². The topological polar surface area (TPSA) is 46.5 Å². The number of ether oxygens (including phenoxy) is 1. The van der Waals surface area contributed by atoms with Crippen molar-refractivity contribution in [3.63, 3.8) is 0 Å². The molecule has 0 heterocycles. The van der Waals surface area contributed by atoms with Gasteiger partial charge in [-0.1, -0.05) is 12.1 Å². The standard InChI is InChI=1S/C13H14F2O3/c1-8(2)18-10-5-3-9(4-6-10)12(11(16)17)7-13(12,14)15/h3-6,8H,7H2,1-2H3,(H,16,17). The molecule has 18 heavy (non-hydrogen) atoms. The summed E-state index contributed by atoms with van der Waals surface area (Å²) in [4.78, 5) is 11.1. The molecule has 1 saturated carbocycles. The molecule has 5 heteroatoms. The van der Waals surface area contributed by atoms with E-state index in [2.05, 4.69) is 0 Å². The molecule has 1 N–H and O–H groups in total. The largest absolute Gasteiger partial charge is 0.491 e. The van der Waals surface area contributed by atoms with Crippen LogP contribution in [0.2, 0.25) is 0 Å². The smallest absolute Gasteiger partial charge is 0.320 e. The molecule has 3 nitrogen and oxygen atoms in total. The van der Waals surface area contributed by atoms with Crippen molar-refractivity contribution in [2.24, 2.45) is 0 Å². The number of hydrogen-bond acceptors (Lipinski definition) is 2. The highest BCUT2D eigenvalue weighted by molar-refractivity contribution is 5.87. The number of carboxylic acids is 1. The molecule has 1 aromatic carbocycles. The summed E-state index contributed by atoms with van der Waals surface area (Å²) in [5.41, 5.74) is -1.93. The number of rotatable bonds is 4. The Labute approximate surface area is 103 Å². The molecule has 1 aliphatic rings. The number of benzene rings is 1. The summed E-state index contributed by atoms with van der Waals surface area (Å²) in [6.45, 7) is 3.70. The maximum absolute atomic E-state index is 13.3. The Hall–Kier alpha value is -1.65. The van der Waals surface area contributed by atoms with Crippen molar-refractivity contribution in [1.82, 2.24) is 0 Å². The first-order valence-electron chi connectivity index (χ1n) is 5.68. The third-order valence-electron chi connectivity index (χ3n) is 3.07. The highest BCUT2D eigenvalue weighted by atomic mass is 19.3. The molecular weight excluding hydrogens is 242 g/mol. The Morgan fingerprint density at radius 2 is 1.83 bits per heavy atom. The summed E-state index contributed by atoms with van der Waals surface area (Å²) in [7, 11) is 0. The molecule has 1 aliphatic carbocycles. The van der Waals surface area contributed by atoms with Gasteiger partial charge >= 0.3 is 5.97 Å². The Morgan fingerprint density at radius 1 is 1.33 bits per heavy atom. The predicted octanol–water partition coefficient (Wildman–Crippen LogP) is 2.84. The molecule has 0 spiro atoms. The molecule has 2 rings (SSSR count). The van der Waals surface area contributed by atoms with Gasteiger partial charge in [-0.3, -0.25) is 4.79 Å². The first-order valence-corrected chi connectivity index (χ1v) is 5.68. The fraction of sp³-hybridized carbons (Fsp3) is 0.462. The molecule has 0 bridgehead atoms. The van der Waals surface area contributed by atoms with Crippen LogP contribution in [-0.2, 0) is 10.2 Å². The van der Waals surface area contributed by atoms with Gasteiger partial charge in [-0.05, 0) is 31.5 Å². The van der Waals surface area contributed by atoms with Gasteiger partial charge in [-0.25, -0.2) is 8.78 Å². The van der Waals surface area contributed by atoms with Crippen LogP contribution in [0.15, 0.2) is 24.3 Å². The van der Waals surface area contributed by atoms with Gasteiger partial charge in [0, 0.05) is 6.42 Å². The zero-order valence-corrected chi connectivity index (χ0v) is 10.1. The molecule has 0 saturated heterocycles. The fourth-order valence-electron chi connectivity index (χ4n) is 2.05. The summed E-state index contributed by atoms with van der Waals surface area (Å²) in [6.07, 6.45) is -0.661. The van der Waals surface area contributed by atoms with Crippen LogP contribution in [0, 0.1) is 0 Å². The molecule has 0 radical (unpaired) electrons. The van der Waals surface area contributed by atoms with Gasteiger partial charge in [-0.2, -0.15) is 0 Å². The second-order valence-electron chi connectivity index (χ2n) is 4.78. The molecule has 1 unspecified atom stereocenters. The van der Waals surface area contributed by atoms with Crippen LogP contribution in [0.1, 0.15) is 25.8 Å². The van der Waals surface area contributed by atoms with Crippen molar-refractivity contribution in [3.8, 4) is 5.75 Å². The maximum atomic E-state index is 13.3. The van der Waals surface area contributed by atoms with Gasteiger partial charge in [0.1, 0.15) is 5.75 Å². The molecule has 1 atom stereocenters. The summed E-state index contributed by atoms with van der Waals surface area (Å²) < 4.78 is 32.0. The third-order valence-corrected chi connectivity index (χ3v) is 3.07. The summed E-state index contributed by atoms with van der Waals surface area (Å²) in [6, 6.07) is 5.84. The van der Waals surface area contributed by atoms with Crippen molar-refractivity contribution in [2.75, 3.05) is 0 Å². The van der Waals surface area contributed by atoms with Crippen molar-refractivity contribution in [3.05, 3.63) is 29.8 Å². The van der Waals surface area contributed by atoms with Crippen LogP contribution >= 0.6 is 0 Å². The van der Waals surface area contributed by atoms with Gasteiger partial charge in [0.15, 0.2) is 5.41 Å². The Bertz CT molecular complexity index is 468. The van der Waals surface area contributed by atoms with Gasteiger partial charge in [0.25, 0.3) is 5.92 Å². The number of carbonyl (C=O) groups is 1. The second-order valence-corrected chi connectivity index (χ2v) is 4.78. The minimum Gasteiger partial charge on any atom is -0.491 e. The van der Waals surface area contributed by atoms with E-state index in [1.807, 2.05) is 13.8 Å². The summed E-state index contributed by atoms with van der Waals surface area (Å²) in [5, 5.41) is 9.00. The Kier molecular flexibility index (Phi) is 2.80. The van der Waals surface area contributed by atoms with E-state index in [-0.39, 0.29) is 11.7 Å². The van der Waals surface area contributed by atoms with Crippen LogP contribution in [0.5, 0.6) is 5.75 Å². The highest BCUT2D eigenvalue weighted by Gasteiger charge is 2.77. The molecule has 1 aromatic rings. The molecule has 0 aliphatic heterocycles. The lowest BCUT2D eigenvalue weighted by Crippen LogP contribution is -2.27. The van der Waals surface area contributed by atoms with Gasteiger partial charge < -0.3 is 9.84 Å². The zero-order valence-electron chi connectivity index (χ0n) is 10.1. The summed E-state index contributed by atoms with van der Waals surface area (Å²) >= 11 is 0. The molecule has 0 aromatic heterocycles. The maximum Gasteiger partial charge on any atom is 0.320 e. The van der Waals surface area contributed by atoms with E-state index in [4.69, 9.17) is 9.84 Å². The van der Waals surface area contributed by atoms with Crippen LogP contribution in [0.4, 0.5) is 8.78 Å². The van der Waals surface area contributed by atoms with Crippen molar-refractivity contribution < 1.29 is 23.4 Å². The predicted molar refractivity (Wildman–Crippen MR) is 61.1 cm³/mol. The lowest BCUT2D eigenvalue weighted by molar-refractivity contribution is -0.142. The molecule has 1 fully saturated rings. The van der Waals surface area contributed by atoms with Gasteiger partial charge in [0.2, 0.25) is 0 Å². The van der Waals surface area contributed by atoms with E-state index in [1.54, 1.807) is 0 Å². The number of alkyl halides is 2. The van der Waals surface area contributed by atoms with Crippen LogP contribution in [-0.4, -0.2) is 23.1 Å². The molecule has 0 amide bonds. The number of carboxylic acid groups (broad SMARTS) is 1. The van der Waals surface area contributed by atoms with Crippen molar-refractivity contribution >= 4 is 5.97 Å². The average molecular weight is 256 g/mol. The minimum atomic E-state index is -3.17. The van der Waals surface area contributed by atoms with E-state index in [1.165, 1.54) is 24.3 Å². The van der Waals surface area contributed by atoms with E-state index in [0.29, 0.717) is 5.75 Å². The normalized spacial score (nSPS) is 24.9. The van der Waals surface area contributed by atoms with Crippen LogP contribution in [0.3, 0.4) is 0 Å². The number of aliphatic carboxylic acids is 1. The van der Waals surface area contributed by atoms with Gasteiger partial charge in [0.05, 0.1) is 6.10 Å². The average Bonchev–Trinajstić information content (AvgIpc) is 2.83. The van der Waals surface area contributed by atoms with Gasteiger partial charge in [-0.15, -0.1) is 0 Å². The van der Waals surface area contributed by atoms with E-state index in [0.717, 1.165) is 0 Å². The highest BCUT2D eigenvalue weighted by Crippen LogP contribution is 2.61. The third kappa shape index (κ3) is 1.83. The Morgan fingerprint density at radius 3 is 2.17 bits per heavy atom. The number of hydrogen-bond donors (Lipinski definition) is 1. The molecular formula is C13H14F2O3. The Balaban J connectivity index is 2.27. The summed E-state index contributed by atoms with van der Waals surface area (Å²) in [5.74, 6) is -4.11. The first-order chi connectivity index (χ1) is 8.29. The van der Waals surface area contributed by atoms with E-state index >= 15 is 0 Å². The lowest BCUT2D eigenvalue weighted by Gasteiger charge is -2.14. The second kappa shape index (κ2) is 3.93. The number of halogens is 2. The van der Waals surface area contributed by atoms with Crippen LogP contribution < -0.4 is 4.74 Å². The minimum absolute atomic E-state index is 0.0216.